The molecule has 288 valence electrons. The Morgan fingerprint density at radius 2 is 1.69 bits per heavy atom. The van der Waals surface area contributed by atoms with Crippen LogP contribution in [0, 0.1) is 16.7 Å². The van der Waals surface area contributed by atoms with E-state index in [0.29, 0.717) is 25.8 Å². The van der Waals surface area contributed by atoms with Gasteiger partial charge in [-0.05, 0) is 72.6 Å². The van der Waals surface area contributed by atoms with Gasteiger partial charge in [0, 0.05) is 58.8 Å². The van der Waals surface area contributed by atoms with Crippen LogP contribution in [0.5, 0.6) is 0 Å². The fourth-order valence-electron chi connectivity index (χ4n) is 9.42. The molecule has 2 aromatic carbocycles. The van der Waals surface area contributed by atoms with E-state index in [1.807, 2.05) is 0 Å². The van der Waals surface area contributed by atoms with Crippen molar-refractivity contribution in [2.45, 2.75) is 97.4 Å². The fraction of sp³-hybridized carbons (Fsp3) is 0.457. The average Bonchev–Trinajstić information content (AvgIpc) is 3.46. The van der Waals surface area contributed by atoms with Gasteiger partial charge in [-0.2, -0.15) is 8.42 Å². The Morgan fingerprint density at radius 1 is 0.907 bits per heavy atom. The maximum absolute atomic E-state index is 11.4. The molecule has 0 aromatic heterocycles. The minimum Gasteiger partial charge on any atom is -0.370 e. The number of carbonyl (C=O) groups is 1. The van der Waals surface area contributed by atoms with E-state index in [9.17, 15) is 17.8 Å². The van der Waals surface area contributed by atoms with Crippen molar-refractivity contribution in [2.75, 3.05) is 23.7 Å². The van der Waals surface area contributed by atoms with E-state index >= 15 is 0 Å². The number of rotatable bonds is 16. The summed E-state index contributed by atoms with van der Waals surface area (Å²) in [6.07, 6.45) is 31.0. The second kappa shape index (κ2) is 15.9. The van der Waals surface area contributed by atoms with Crippen LogP contribution in [-0.4, -0.2) is 48.7 Å². The number of allylic oxidation sites excluding steroid dienone is 11. The van der Waals surface area contributed by atoms with Gasteiger partial charge in [0.25, 0.3) is 10.1 Å². The molecule has 0 bridgehead atoms. The zero-order valence-corrected chi connectivity index (χ0v) is 33.6. The van der Waals surface area contributed by atoms with E-state index in [1.54, 1.807) is 0 Å². The van der Waals surface area contributed by atoms with Crippen molar-refractivity contribution in [3.63, 3.8) is 0 Å². The Kier molecular flexibility index (Phi) is 11.7. The molecule has 0 saturated carbocycles. The molecule has 7 nitrogen and oxygen atoms in total. The molecule has 8 heteroatoms. The summed E-state index contributed by atoms with van der Waals surface area (Å²) < 4.78 is 32.2. The van der Waals surface area contributed by atoms with Gasteiger partial charge >= 0.3 is 0 Å². The molecule has 3 atom stereocenters. The molecule has 3 N–H and O–H groups in total. The van der Waals surface area contributed by atoms with E-state index in [2.05, 4.69) is 148 Å². The highest BCUT2D eigenvalue weighted by Gasteiger charge is 2.51. The molecule has 2 aliphatic heterocycles. The summed E-state index contributed by atoms with van der Waals surface area (Å²) in [5, 5.41) is 2.57. The van der Waals surface area contributed by atoms with Gasteiger partial charge in [0.1, 0.15) is 0 Å². The molecule has 0 radical (unpaired) electrons. The van der Waals surface area contributed by atoms with Crippen LogP contribution in [0.4, 0.5) is 5.69 Å². The quantitative estimate of drug-likeness (QED) is 0.101. The molecule has 0 fully saturated rings. The molecule has 0 spiro atoms. The van der Waals surface area contributed by atoms with Gasteiger partial charge in [-0.1, -0.05) is 132 Å². The molecular formula is C46H59N3O4S. The second-order valence-electron chi connectivity index (χ2n) is 16.8. The van der Waals surface area contributed by atoms with Crippen LogP contribution < -0.4 is 10.6 Å². The predicted octanol–water partition coefficient (Wildman–Crippen LogP) is 9.71. The third-order valence-corrected chi connectivity index (χ3v) is 12.9. The first kappa shape index (κ1) is 39.6. The van der Waals surface area contributed by atoms with Crippen molar-refractivity contribution >= 4 is 32.5 Å². The van der Waals surface area contributed by atoms with Crippen LogP contribution in [-0.2, 0) is 20.3 Å². The van der Waals surface area contributed by atoms with E-state index in [0.717, 1.165) is 38.6 Å². The number of amides is 1. The summed E-state index contributed by atoms with van der Waals surface area (Å²) in [4.78, 5) is 16.3. The zero-order valence-electron chi connectivity index (χ0n) is 32.8. The van der Waals surface area contributed by atoms with Crippen molar-refractivity contribution in [1.82, 2.24) is 4.90 Å². The summed E-state index contributed by atoms with van der Waals surface area (Å²) in [6.45, 7) is 13.3. The lowest BCUT2D eigenvalue weighted by Gasteiger charge is -2.41. The smallest absolute Gasteiger partial charge is 0.264 e. The van der Waals surface area contributed by atoms with Crippen molar-refractivity contribution in [2.24, 2.45) is 22.5 Å². The van der Waals surface area contributed by atoms with Gasteiger partial charge in [0.2, 0.25) is 5.91 Å². The van der Waals surface area contributed by atoms with Gasteiger partial charge < -0.3 is 15.5 Å². The molecule has 54 heavy (non-hydrogen) atoms. The Labute approximate surface area is 323 Å². The van der Waals surface area contributed by atoms with E-state index in [-0.39, 0.29) is 39.9 Å². The van der Waals surface area contributed by atoms with E-state index in [4.69, 9.17) is 5.73 Å². The lowest BCUT2D eigenvalue weighted by molar-refractivity contribution is -0.118. The second-order valence-corrected chi connectivity index (χ2v) is 18.4. The van der Waals surface area contributed by atoms with Crippen LogP contribution in [0.2, 0.25) is 0 Å². The summed E-state index contributed by atoms with van der Waals surface area (Å²) >= 11 is 0. The SMILES string of the molecule is CC1(C)/C(=C/CC/C=C/C=C/C2N(CCCCS(=O)(=O)O)C3=C(C4C=CC=CC4(C)C=C3)C2(C)C)N(CCCCCC(N)=O)c2ccc3ccccc3c21. The summed E-state index contributed by atoms with van der Waals surface area (Å²) in [5.41, 5.74) is 11.7. The summed E-state index contributed by atoms with van der Waals surface area (Å²) in [5.74, 6) is -0.182. The summed E-state index contributed by atoms with van der Waals surface area (Å²) in [6, 6.07) is 13.3. The Bertz CT molecular complexity index is 2060. The third kappa shape index (κ3) is 8.11. The number of unbranched alkanes of at least 4 members (excludes halogenated alkanes) is 4. The molecular weight excluding hydrogens is 691 g/mol. The minimum atomic E-state index is -3.98. The molecule has 6 rings (SSSR count). The van der Waals surface area contributed by atoms with Gasteiger partial charge in [-0.15, -0.1) is 0 Å². The highest BCUT2D eigenvalue weighted by molar-refractivity contribution is 7.85. The van der Waals surface area contributed by atoms with Crippen LogP contribution in [0.1, 0.15) is 91.5 Å². The zero-order chi connectivity index (χ0) is 38.7. The largest absolute Gasteiger partial charge is 0.370 e. The topological polar surface area (TPSA) is 104 Å². The Balaban J connectivity index is 1.17. The summed E-state index contributed by atoms with van der Waals surface area (Å²) in [7, 11) is -3.98. The Morgan fingerprint density at radius 3 is 2.46 bits per heavy atom. The highest BCUT2D eigenvalue weighted by atomic mass is 32.2. The van der Waals surface area contributed by atoms with Crippen molar-refractivity contribution < 1.29 is 17.8 Å². The molecule has 3 unspecified atom stereocenters. The van der Waals surface area contributed by atoms with Gasteiger partial charge in [-0.3, -0.25) is 9.35 Å². The molecule has 2 heterocycles. The van der Waals surface area contributed by atoms with Crippen molar-refractivity contribution in [3.8, 4) is 0 Å². The monoisotopic (exact) mass is 749 g/mol. The normalized spacial score (nSPS) is 24.7. The lowest BCUT2D eigenvalue weighted by atomic mass is 9.61. The third-order valence-electron chi connectivity index (χ3n) is 12.1. The van der Waals surface area contributed by atoms with Crippen LogP contribution in [0.3, 0.4) is 0 Å². The first-order valence-corrected chi connectivity index (χ1v) is 21.4. The fourth-order valence-corrected chi connectivity index (χ4v) is 9.99. The van der Waals surface area contributed by atoms with Gasteiger partial charge in [0.15, 0.2) is 0 Å². The number of nitrogens with two attached hydrogens (primary N) is 1. The first-order valence-electron chi connectivity index (χ1n) is 19.8. The predicted molar refractivity (Wildman–Crippen MR) is 224 cm³/mol. The van der Waals surface area contributed by atoms with Crippen molar-refractivity contribution in [1.29, 1.82) is 0 Å². The van der Waals surface area contributed by atoms with Crippen LogP contribution in [0.15, 0.2) is 120 Å². The molecule has 2 aromatic rings. The standard InChI is InChI=1S/C46H59N3O4S/c1-44(2)39(48(31-17-9-12-25-41(47)50)37-27-26-34-20-13-14-21-35(34)42(37)44)23-10-7-6-8-11-24-40-45(3,4)43-36-22-15-16-29-46(36,5)30-28-38(43)49(40)32-18-19-33-54(51,52)53/h6,8,11,13-16,20-24,26-30,36,40H,7,9-10,12,17-19,25,31-33H2,1-5H3,(H2,47,50)(H,51,52,53)/b8-6+,24-11+,39-23-. The van der Waals surface area contributed by atoms with E-state index in [1.165, 1.54) is 39.0 Å². The number of hydrogen-bond acceptors (Lipinski definition) is 5. The molecule has 1 amide bonds. The molecule has 2 aliphatic carbocycles. The van der Waals surface area contributed by atoms with Crippen LogP contribution >= 0.6 is 0 Å². The van der Waals surface area contributed by atoms with Crippen LogP contribution in [0.25, 0.3) is 10.8 Å². The number of benzene rings is 2. The number of carbonyl (C=O) groups excluding carboxylic acids is 1. The molecule has 0 saturated heterocycles. The number of primary amides is 1. The maximum atomic E-state index is 11.4. The number of hydrogen-bond donors (Lipinski definition) is 2. The van der Waals surface area contributed by atoms with E-state index < -0.39 is 10.1 Å². The minimum absolute atomic E-state index is 0.0721. The molecule has 4 aliphatic rings. The highest BCUT2D eigenvalue weighted by Crippen LogP contribution is 2.56. The van der Waals surface area contributed by atoms with Gasteiger partial charge in [0.05, 0.1) is 11.8 Å². The number of fused-ring (bicyclic) bond motifs is 5. The number of nitrogens with zero attached hydrogens (tertiary/aromatic N) is 2. The van der Waals surface area contributed by atoms with Crippen molar-refractivity contribution in [3.05, 3.63) is 126 Å². The Hall–Kier alpha value is -4.14. The van der Waals surface area contributed by atoms with Gasteiger partial charge in [-0.25, -0.2) is 0 Å². The number of anilines is 1. The maximum Gasteiger partial charge on any atom is 0.264 e. The lowest BCUT2D eigenvalue weighted by Crippen LogP contribution is -2.39. The first-order chi connectivity index (χ1) is 25.6. The average molecular weight is 750 g/mol.